The van der Waals surface area contributed by atoms with Crippen LogP contribution in [0.1, 0.15) is 52.4 Å². The molecule has 3 unspecified atom stereocenters. The van der Waals surface area contributed by atoms with Crippen molar-refractivity contribution in [3.05, 3.63) is 0 Å². The highest BCUT2D eigenvalue weighted by Crippen LogP contribution is 2.32. The Balaban J connectivity index is 2.45. The minimum Gasteiger partial charge on any atom is -0.393 e. The summed E-state index contributed by atoms with van der Waals surface area (Å²) in [5.74, 6) is 0.886. The molecule has 0 aromatic rings. The first-order valence-electron chi connectivity index (χ1n) is 6.66. The summed E-state index contributed by atoms with van der Waals surface area (Å²) in [6.45, 7) is 4.20. The zero-order valence-electron chi connectivity index (χ0n) is 11.2. The molecule has 17 heavy (non-hydrogen) atoms. The van der Waals surface area contributed by atoms with Gasteiger partial charge in [0.1, 0.15) is 9.84 Å². The Labute approximate surface area is 106 Å². The van der Waals surface area contributed by atoms with Crippen LogP contribution in [0.15, 0.2) is 0 Å². The number of sulfone groups is 1. The zero-order chi connectivity index (χ0) is 13.1. The number of aliphatic hydroxyl groups is 1. The van der Waals surface area contributed by atoms with E-state index in [1.54, 1.807) is 0 Å². The van der Waals surface area contributed by atoms with E-state index in [0.29, 0.717) is 11.8 Å². The van der Waals surface area contributed by atoms with E-state index in [9.17, 15) is 13.5 Å². The van der Waals surface area contributed by atoms with Crippen LogP contribution in [0, 0.1) is 11.8 Å². The molecule has 0 bridgehead atoms. The molecule has 0 aromatic carbocycles. The average molecular weight is 262 g/mol. The van der Waals surface area contributed by atoms with E-state index in [1.807, 2.05) is 0 Å². The molecule has 1 N–H and O–H groups in total. The molecule has 4 heteroatoms. The van der Waals surface area contributed by atoms with Gasteiger partial charge < -0.3 is 5.11 Å². The molecule has 3 nitrogen and oxygen atoms in total. The molecule has 0 aliphatic heterocycles. The van der Waals surface area contributed by atoms with Gasteiger partial charge in [-0.25, -0.2) is 8.42 Å². The van der Waals surface area contributed by atoms with E-state index in [2.05, 4.69) is 13.8 Å². The Kier molecular flexibility index (Phi) is 5.45. The number of hydrogen-bond donors (Lipinski definition) is 1. The van der Waals surface area contributed by atoms with Crippen LogP contribution in [-0.2, 0) is 9.84 Å². The van der Waals surface area contributed by atoms with Crippen LogP contribution < -0.4 is 0 Å². The van der Waals surface area contributed by atoms with Gasteiger partial charge in [0.05, 0.1) is 11.4 Å². The fourth-order valence-corrected chi connectivity index (χ4v) is 4.09. The molecule has 0 amide bonds. The van der Waals surface area contributed by atoms with Crippen molar-refractivity contribution in [3.8, 4) is 0 Å². The molecule has 0 heterocycles. The first-order chi connectivity index (χ1) is 7.79. The van der Waals surface area contributed by atoms with Gasteiger partial charge in [-0.15, -0.1) is 0 Å². The third-order valence-electron chi connectivity index (χ3n) is 3.69. The van der Waals surface area contributed by atoms with Crippen molar-refractivity contribution in [1.82, 2.24) is 0 Å². The summed E-state index contributed by atoms with van der Waals surface area (Å²) in [6, 6.07) is 0. The van der Waals surface area contributed by atoms with Gasteiger partial charge in [-0.05, 0) is 37.5 Å². The predicted octanol–water partition coefficient (Wildman–Crippen LogP) is 2.39. The highest BCUT2D eigenvalue weighted by atomic mass is 32.2. The molecule has 1 aliphatic carbocycles. The largest absolute Gasteiger partial charge is 0.393 e. The van der Waals surface area contributed by atoms with Crippen molar-refractivity contribution < 1.29 is 13.5 Å². The monoisotopic (exact) mass is 262 g/mol. The Morgan fingerprint density at radius 1 is 1.29 bits per heavy atom. The third kappa shape index (κ3) is 5.38. The minimum atomic E-state index is -2.90. The molecule has 1 aliphatic rings. The van der Waals surface area contributed by atoms with Crippen LogP contribution in [0.5, 0.6) is 0 Å². The molecule has 0 saturated heterocycles. The first-order valence-corrected chi connectivity index (χ1v) is 8.61. The second-order valence-electron chi connectivity index (χ2n) is 6.00. The highest BCUT2D eigenvalue weighted by Gasteiger charge is 2.29. The lowest BCUT2D eigenvalue weighted by atomic mass is 9.84. The summed E-state index contributed by atoms with van der Waals surface area (Å²) in [5, 5.41) is 9.74. The highest BCUT2D eigenvalue weighted by molar-refractivity contribution is 7.91. The summed E-state index contributed by atoms with van der Waals surface area (Å²) in [4.78, 5) is 0. The molecular formula is C13H26O3S. The van der Waals surface area contributed by atoms with Gasteiger partial charge in [-0.1, -0.05) is 26.7 Å². The smallest absolute Gasteiger partial charge is 0.150 e. The van der Waals surface area contributed by atoms with E-state index < -0.39 is 9.84 Å². The molecule has 3 atom stereocenters. The van der Waals surface area contributed by atoms with Gasteiger partial charge in [0.15, 0.2) is 0 Å². The van der Waals surface area contributed by atoms with Crippen molar-refractivity contribution >= 4 is 9.84 Å². The fourth-order valence-electron chi connectivity index (χ4n) is 2.87. The van der Waals surface area contributed by atoms with Crippen LogP contribution in [0.3, 0.4) is 0 Å². The quantitative estimate of drug-likeness (QED) is 0.827. The Bertz CT molecular complexity index is 322. The standard InChI is InChI=1S/C13H26O3S/c1-10(2)7-12(14)8-11-5-4-6-13(9-11)17(3,15)16/h10-14H,4-9H2,1-3H3. The molecule has 0 aromatic heterocycles. The van der Waals surface area contributed by atoms with Crippen molar-refractivity contribution in [3.63, 3.8) is 0 Å². The van der Waals surface area contributed by atoms with Gasteiger partial charge in [-0.3, -0.25) is 0 Å². The van der Waals surface area contributed by atoms with Crippen molar-refractivity contribution in [1.29, 1.82) is 0 Å². The SMILES string of the molecule is CC(C)CC(O)CC1CCCC(S(C)(=O)=O)C1. The van der Waals surface area contributed by atoms with Gasteiger partial charge in [0, 0.05) is 6.26 Å². The van der Waals surface area contributed by atoms with Crippen molar-refractivity contribution in [2.45, 2.75) is 63.7 Å². The number of aliphatic hydroxyl groups excluding tert-OH is 1. The van der Waals surface area contributed by atoms with Crippen LogP contribution in [0.25, 0.3) is 0 Å². The lowest BCUT2D eigenvalue weighted by molar-refractivity contribution is 0.110. The molecular weight excluding hydrogens is 236 g/mol. The van der Waals surface area contributed by atoms with Crippen molar-refractivity contribution in [2.75, 3.05) is 6.26 Å². The molecule has 102 valence electrons. The van der Waals surface area contributed by atoms with Crippen molar-refractivity contribution in [2.24, 2.45) is 11.8 Å². The van der Waals surface area contributed by atoms with Crippen LogP contribution in [-0.4, -0.2) is 31.1 Å². The fraction of sp³-hybridized carbons (Fsp3) is 1.00. The molecule has 1 saturated carbocycles. The maximum Gasteiger partial charge on any atom is 0.150 e. The van der Waals surface area contributed by atoms with Gasteiger partial charge >= 0.3 is 0 Å². The second-order valence-corrected chi connectivity index (χ2v) is 8.33. The average Bonchev–Trinajstić information content (AvgIpc) is 2.15. The molecule has 0 radical (unpaired) electrons. The summed E-state index contributed by atoms with van der Waals surface area (Å²) < 4.78 is 23.1. The molecule has 0 spiro atoms. The summed E-state index contributed by atoms with van der Waals surface area (Å²) in [7, 11) is -2.90. The first kappa shape index (κ1) is 15.0. The minimum absolute atomic E-state index is 0.174. The van der Waals surface area contributed by atoms with Crippen LogP contribution >= 0.6 is 0 Å². The van der Waals surface area contributed by atoms with Gasteiger partial charge in [-0.2, -0.15) is 0 Å². The third-order valence-corrected chi connectivity index (χ3v) is 5.33. The second kappa shape index (κ2) is 6.19. The van der Waals surface area contributed by atoms with E-state index in [0.717, 1.165) is 38.5 Å². The molecule has 1 fully saturated rings. The Morgan fingerprint density at radius 2 is 1.94 bits per heavy atom. The number of hydrogen-bond acceptors (Lipinski definition) is 3. The Hall–Kier alpha value is -0.0900. The van der Waals surface area contributed by atoms with E-state index in [1.165, 1.54) is 6.26 Å². The Morgan fingerprint density at radius 3 is 2.47 bits per heavy atom. The van der Waals surface area contributed by atoms with E-state index in [4.69, 9.17) is 0 Å². The lowest BCUT2D eigenvalue weighted by Gasteiger charge is -2.29. The summed E-state index contributed by atoms with van der Waals surface area (Å²) in [6.07, 6.45) is 6.26. The topological polar surface area (TPSA) is 54.4 Å². The lowest BCUT2D eigenvalue weighted by Crippen LogP contribution is -2.29. The van der Waals surface area contributed by atoms with E-state index >= 15 is 0 Å². The normalized spacial score (nSPS) is 28.3. The predicted molar refractivity (Wildman–Crippen MR) is 70.7 cm³/mol. The van der Waals surface area contributed by atoms with E-state index in [-0.39, 0.29) is 11.4 Å². The van der Waals surface area contributed by atoms with Crippen LogP contribution in [0.2, 0.25) is 0 Å². The number of rotatable bonds is 5. The summed E-state index contributed by atoms with van der Waals surface area (Å²) >= 11 is 0. The van der Waals surface area contributed by atoms with Gasteiger partial charge in [0.25, 0.3) is 0 Å². The zero-order valence-corrected chi connectivity index (χ0v) is 12.0. The molecule has 1 rings (SSSR count). The maximum absolute atomic E-state index is 11.5. The maximum atomic E-state index is 11.5. The van der Waals surface area contributed by atoms with Gasteiger partial charge in [0.2, 0.25) is 0 Å². The van der Waals surface area contributed by atoms with Crippen LogP contribution in [0.4, 0.5) is 0 Å². The summed E-state index contributed by atoms with van der Waals surface area (Å²) in [5.41, 5.74) is 0.